The van der Waals surface area contributed by atoms with E-state index in [0.29, 0.717) is 23.4 Å². The van der Waals surface area contributed by atoms with Crippen molar-refractivity contribution in [2.75, 3.05) is 31.2 Å². The number of fused-ring (bicyclic) bond motifs is 2. The Morgan fingerprint density at radius 3 is 2.67 bits per heavy atom. The van der Waals surface area contributed by atoms with Gasteiger partial charge in [0.15, 0.2) is 0 Å². The monoisotopic (exact) mass is 489 g/mol. The Morgan fingerprint density at radius 2 is 1.97 bits per heavy atom. The highest BCUT2D eigenvalue weighted by molar-refractivity contribution is 5.97. The zero-order chi connectivity index (χ0) is 25.2. The molecule has 2 aliphatic rings. The number of aliphatic hydroxyl groups excluding tert-OH is 1. The number of nitrogens with one attached hydrogen (secondary N) is 2. The highest BCUT2D eigenvalue weighted by Gasteiger charge is 2.32. The summed E-state index contributed by atoms with van der Waals surface area (Å²) in [5.41, 5.74) is 5.59. The molecule has 0 aliphatic carbocycles. The van der Waals surface area contributed by atoms with Crippen LogP contribution >= 0.6 is 0 Å². The van der Waals surface area contributed by atoms with Crippen LogP contribution < -0.4 is 20.3 Å². The van der Waals surface area contributed by atoms with Crippen LogP contribution in [0.25, 0.3) is 11.1 Å². The van der Waals surface area contributed by atoms with Crippen molar-refractivity contribution in [2.24, 2.45) is 7.05 Å². The normalized spacial score (nSPS) is 19.8. The highest BCUT2D eigenvalue weighted by Crippen LogP contribution is 2.30. The van der Waals surface area contributed by atoms with Gasteiger partial charge in [0.05, 0.1) is 18.8 Å². The fourth-order valence-electron chi connectivity index (χ4n) is 5.27. The molecule has 36 heavy (non-hydrogen) atoms. The maximum atomic E-state index is 13.4. The molecular weight excluding hydrogens is 454 g/mol. The van der Waals surface area contributed by atoms with Gasteiger partial charge in [-0.15, -0.1) is 0 Å². The summed E-state index contributed by atoms with van der Waals surface area (Å²) in [4.78, 5) is 15.8. The van der Waals surface area contributed by atoms with Gasteiger partial charge in [0.1, 0.15) is 12.4 Å². The lowest BCUT2D eigenvalue weighted by Gasteiger charge is -2.35. The number of nitrogens with zero attached hydrogens (tertiary/aromatic N) is 3. The smallest absolute Gasteiger partial charge is 0.252 e. The van der Waals surface area contributed by atoms with Gasteiger partial charge in [0.25, 0.3) is 5.91 Å². The maximum Gasteiger partial charge on any atom is 0.252 e. The number of hydrogen-bond donors (Lipinski definition) is 3. The molecule has 2 bridgehead atoms. The molecule has 0 spiro atoms. The minimum Gasteiger partial charge on any atom is -0.491 e. The molecule has 3 N–H and O–H groups in total. The Bertz CT molecular complexity index is 1230. The largest absolute Gasteiger partial charge is 0.491 e. The van der Waals surface area contributed by atoms with E-state index >= 15 is 0 Å². The predicted octanol–water partition coefficient (Wildman–Crippen LogP) is 3.20. The van der Waals surface area contributed by atoms with Gasteiger partial charge in [-0.2, -0.15) is 5.10 Å². The number of aryl methyl sites for hydroxylation is 2. The van der Waals surface area contributed by atoms with Crippen LogP contribution in [0.4, 0.5) is 5.69 Å². The first-order chi connectivity index (χ1) is 17.4. The molecule has 8 nitrogen and oxygen atoms in total. The predicted molar refractivity (Wildman–Crippen MR) is 140 cm³/mol. The van der Waals surface area contributed by atoms with Gasteiger partial charge >= 0.3 is 0 Å². The lowest BCUT2D eigenvalue weighted by atomic mass is 10.0. The first-order valence-corrected chi connectivity index (χ1v) is 12.7. The molecule has 2 aliphatic heterocycles. The van der Waals surface area contributed by atoms with Gasteiger partial charge in [-0.25, -0.2) is 0 Å². The second-order valence-electron chi connectivity index (χ2n) is 10.0. The van der Waals surface area contributed by atoms with E-state index in [4.69, 9.17) is 4.74 Å². The molecule has 3 heterocycles. The first kappa shape index (κ1) is 24.3. The lowest BCUT2D eigenvalue weighted by Crippen LogP contribution is -2.51. The molecule has 0 saturated carbocycles. The van der Waals surface area contributed by atoms with E-state index in [2.05, 4.69) is 26.7 Å². The summed E-state index contributed by atoms with van der Waals surface area (Å²) >= 11 is 0. The molecule has 3 atom stereocenters. The van der Waals surface area contributed by atoms with Crippen LogP contribution in [0.5, 0.6) is 5.75 Å². The van der Waals surface area contributed by atoms with Gasteiger partial charge in [-0.3, -0.25) is 9.48 Å². The molecule has 0 radical (unpaired) electrons. The third-order valence-electron chi connectivity index (χ3n) is 7.22. The van der Waals surface area contributed by atoms with Crippen LogP contribution in [-0.4, -0.2) is 59.2 Å². The molecule has 1 amide bonds. The van der Waals surface area contributed by atoms with E-state index in [1.165, 1.54) is 12.8 Å². The summed E-state index contributed by atoms with van der Waals surface area (Å²) in [6.07, 6.45) is 6.19. The Hall–Kier alpha value is -3.36. The molecule has 1 aromatic heterocycles. The second-order valence-corrected chi connectivity index (χ2v) is 10.0. The van der Waals surface area contributed by atoms with E-state index in [1.807, 2.05) is 57.4 Å². The van der Waals surface area contributed by atoms with Crippen molar-refractivity contribution in [3.63, 3.8) is 0 Å². The maximum absolute atomic E-state index is 13.4. The highest BCUT2D eigenvalue weighted by atomic mass is 16.5. The Labute approximate surface area is 212 Å². The van der Waals surface area contributed by atoms with Crippen LogP contribution in [0.1, 0.15) is 47.3 Å². The average molecular weight is 490 g/mol. The third-order valence-corrected chi connectivity index (χ3v) is 7.22. The topological polar surface area (TPSA) is 91.7 Å². The summed E-state index contributed by atoms with van der Waals surface area (Å²) < 4.78 is 7.48. The SMILES string of the molecule is Cc1ccc(N2C[C@H]3CC[C@@H](C2)N3)cc1C(=O)N[C@H](C)c1cc(OCCO)cc(-c2cnn(C)c2)c1. The quantitative estimate of drug-likeness (QED) is 0.450. The van der Waals surface area contributed by atoms with Gasteiger partial charge in [-0.05, 0) is 73.7 Å². The van der Waals surface area contributed by atoms with E-state index in [0.717, 1.165) is 41.0 Å². The zero-order valence-corrected chi connectivity index (χ0v) is 21.2. The first-order valence-electron chi connectivity index (χ1n) is 12.7. The van der Waals surface area contributed by atoms with Crippen LogP contribution in [-0.2, 0) is 7.05 Å². The number of carbonyl (C=O) groups excluding carboxylic acids is 1. The molecule has 190 valence electrons. The summed E-state index contributed by atoms with van der Waals surface area (Å²) in [5, 5.41) is 20.3. The molecule has 3 aromatic rings. The number of ether oxygens (including phenoxy) is 1. The second kappa shape index (κ2) is 10.3. The summed E-state index contributed by atoms with van der Waals surface area (Å²) in [5.74, 6) is 0.553. The van der Waals surface area contributed by atoms with Crippen LogP contribution in [0.3, 0.4) is 0 Å². The Kier molecular flexibility index (Phi) is 6.98. The van der Waals surface area contributed by atoms with Crippen molar-refractivity contribution in [2.45, 2.75) is 44.8 Å². The summed E-state index contributed by atoms with van der Waals surface area (Å²) in [6, 6.07) is 12.9. The fraction of sp³-hybridized carbons (Fsp3) is 0.429. The fourth-order valence-corrected chi connectivity index (χ4v) is 5.27. The third kappa shape index (κ3) is 5.24. The molecule has 2 aromatic carbocycles. The van der Waals surface area contributed by atoms with E-state index in [9.17, 15) is 9.90 Å². The van der Waals surface area contributed by atoms with Crippen molar-refractivity contribution in [3.05, 3.63) is 65.5 Å². The van der Waals surface area contributed by atoms with Gasteiger partial charge in [0.2, 0.25) is 0 Å². The van der Waals surface area contributed by atoms with Crippen LogP contribution in [0.15, 0.2) is 48.8 Å². The minimum absolute atomic E-state index is 0.0665. The molecule has 0 unspecified atom stereocenters. The standard InChI is InChI=1S/C28H35N5O3/c1-18-4-7-25(33-16-23-5-6-24(17-33)31-23)13-27(18)28(35)30-19(2)20-10-21(22-14-29-32(3)15-22)12-26(11-20)36-9-8-34/h4,7,10-15,19,23-24,31,34H,5-6,8-9,16-17H2,1-3H3,(H,30,35)/t19-,23-,24+/m1/s1. The van der Waals surface area contributed by atoms with Crippen molar-refractivity contribution in [3.8, 4) is 16.9 Å². The van der Waals surface area contributed by atoms with E-state index in [1.54, 1.807) is 10.9 Å². The number of piperazine rings is 1. The molecule has 2 fully saturated rings. The lowest BCUT2D eigenvalue weighted by molar-refractivity contribution is 0.0939. The number of amides is 1. The van der Waals surface area contributed by atoms with Crippen molar-refractivity contribution < 1.29 is 14.6 Å². The summed E-state index contributed by atoms with van der Waals surface area (Å²) in [6.45, 7) is 6.06. The molecule has 5 rings (SSSR count). The number of aromatic nitrogens is 2. The minimum atomic E-state index is -0.247. The van der Waals surface area contributed by atoms with Crippen molar-refractivity contribution >= 4 is 11.6 Å². The number of hydrogen-bond acceptors (Lipinski definition) is 6. The van der Waals surface area contributed by atoms with Crippen LogP contribution in [0, 0.1) is 6.92 Å². The molecular formula is C28H35N5O3. The van der Waals surface area contributed by atoms with Gasteiger partial charge < -0.3 is 25.4 Å². The number of aliphatic hydroxyl groups is 1. The Balaban J connectivity index is 1.36. The zero-order valence-electron chi connectivity index (χ0n) is 21.2. The Morgan fingerprint density at radius 1 is 1.19 bits per heavy atom. The molecule has 8 heteroatoms. The van der Waals surface area contributed by atoms with E-state index in [-0.39, 0.29) is 25.2 Å². The van der Waals surface area contributed by atoms with Crippen molar-refractivity contribution in [1.82, 2.24) is 20.4 Å². The number of rotatable bonds is 8. The molecule has 2 saturated heterocycles. The van der Waals surface area contributed by atoms with Gasteiger partial charge in [0, 0.05) is 55.2 Å². The van der Waals surface area contributed by atoms with Gasteiger partial charge in [-0.1, -0.05) is 6.07 Å². The summed E-state index contributed by atoms with van der Waals surface area (Å²) in [7, 11) is 1.88. The average Bonchev–Trinajstić information content (AvgIpc) is 3.46. The van der Waals surface area contributed by atoms with Crippen molar-refractivity contribution in [1.29, 1.82) is 0 Å². The number of benzene rings is 2. The number of anilines is 1. The number of carbonyl (C=O) groups is 1. The van der Waals surface area contributed by atoms with Crippen LogP contribution in [0.2, 0.25) is 0 Å². The van der Waals surface area contributed by atoms with E-state index < -0.39 is 0 Å².